The van der Waals surface area contributed by atoms with Crippen molar-refractivity contribution >= 4 is 5.97 Å². The molecule has 2 aliphatic heterocycles. The molecule has 4 heteroatoms. The van der Waals surface area contributed by atoms with E-state index >= 15 is 0 Å². The van der Waals surface area contributed by atoms with Gasteiger partial charge in [-0.25, -0.2) is 4.79 Å². The first-order valence-electron chi connectivity index (χ1n) is 8.50. The van der Waals surface area contributed by atoms with E-state index in [0.717, 1.165) is 24.0 Å². The predicted octanol–water partition coefficient (Wildman–Crippen LogP) is 4.33. The third-order valence-corrected chi connectivity index (χ3v) is 4.78. The van der Waals surface area contributed by atoms with Crippen LogP contribution in [0.3, 0.4) is 0 Å². The maximum Gasteiger partial charge on any atom is 0.334 e. The van der Waals surface area contributed by atoms with E-state index in [2.05, 4.69) is 6.58 Å². The fourth-order valence-corrected chi connectivity index (χ4v) is 3.64. The fraction of sp³-hybridized carbons (Fsp3) is 0.286. The van der Waals surface area contributed by atoms with Crippen LogP contribution in [0.2, 0.25) is 0 Å². The summed E-state index contributed by atoms with van der Waals surface area (Å²) in [7, 11) is 0. The molecule has 0 amide bonds. The van der Waals surface area contributed by atoms with Crippen molar-refractivity contribution in [1.82, 2.24) is 0 Å². The Morgan fingerprint density at radius 1 is 1.12 bits per heavy atom. The predicted molar refractivity (Wildman–Crippen MR) is 93.6 cm³/mol. The second-order valence-corrected chi connectivity index (χ2v) is 6.50. The highest BCUT2D eigenvalue weighted by Gasteiger charge is 2.53. The van der Waals surface area contributed by atoms with E-state index in [1.165, 1.54) is 0 Å². The monoisotopic (exact) mass is 336 g/mol. The summed E-state index contributed by atoms with van der Waals surface area (Å²) in [4.78, 5) is 12.6. The molecule has 4 nitrogen and oxygen atoms in total. The van der Waals surface area contributed by atoms with Crippen molar-refractivity contribution in [2.45, 2.75) is 31.5 Å². The zero-order valence-electron chi connectivity index (χ0n) is 14.2. The van der Waals surface area contributed by atoms with Crippen molar-refractivity contribution in [2.75, 3.05) is 6.61 Å². The third-order valence-electron chi connectivity index (χ3n) is 4.78. The first-order valence-corrected chi connectivity index (χ1v) is 8.50. The maximum atomic E-state index is 12.6. The number of para-hydroxylation sites is 2. The normalized spacial score (nSPS) is 20.1. The van der Waals surface area contributed by atoms with Crippen LogP contribution in [0.15, 0.2) is 60.7 Å². The second kappa shape index (κ2) is 6.05. The summed E-state index contributed by atoms with van der Waals surface area (Å²) in [5.74, 6) is 0.944. The second-order valence-electron chi connectivity index (χ2n) is 6.50. The minimum Gasteiger partial charge on any atom is -0.456 e. The summed E-state index contributed by atoms with van der Waals surface area (Å²) in [6.07, 6.45) is 1.48. The number of benzene rings is 2. The zero-order valence-corrected chi connectivity index (χ0v) is 14.2. The van der Waals surface area contributed by atoms with Crippen molar-refractivity contribution in [3.8, 4) is 11.5 Å². The van der Waals surface area contributed by atoms with Gasteiger partial charge in [0.05, 0.1) is 0 Å². The fourth-order valence-electron chi connectivity index (χ4n) is 3.64. The minimum absolute atomic E-state index is 0.262. The van der Waals surface area contributed by atoms with Gasteiger partial charge in [-0.3, -0.25) is 0 Å². The number of carbonyl (C=O) groups is 1. The van der Waals surface area contributed by atoms with Crippen LogP contribution in [-0.2, 0) is 19.9 Å². The van der Waals surface area contributed by atoms with Crippen LogP contribution in [0.1, 0.15) is 30.9 Å². The van der Waals surface area contributed by atoms with E-state index in [4.69, 9.17) is 14.2 Å². The van der Waals surface area contributed by atoms with E-state index < -0.39 is 11.6 Å². The molecule has 0 aromatic heterocycles. The summed E-state index contributed by atoms with van der Waals surface area (Å²) in [6.45, 7) is 6.05. The lowest BCUT2D eigenvalue weighted by Gasteiger charge is -2.42. The Morgan fingerprint density at radius 3 is 2.24 bits per heavy atom. The van der Waals surface area contributed by atoms with Crippen molar-refractivity contribution in [3.05, 3.63) is 71.8 Å². The minimum atomic E-state index is -1.03. The van der Waals surface area contributed by atoms with E-state index in [9.17, 15) is 4.79 Å². The average Bonchev–Trinajstić information content (AvgIpc) is 3.16. The Balaban J connectivity index is 1.98. The van der Waals surface area contributed by atoms with Crippen LogP contribution < -0.4 is 4.74 Å². The summed E-state index contributed by atoms with van der Waals surface area (Å²) in [5.41, 5.74) is 0.960. The van der Waals surface area contributed by atoms with Gasteiger partial charge in [-0.05, 0) is 31.9 Å². The van der Waals surface area contributed by atoms with Crippen LogP contribution in [0.4, 0.5) is 0 Å². The average molecular weight is 336 g/mol. The number of hydrogen-bond acceptors (Lipinski definition) is 4. The van der Waals surface area contributed by atoms with Crippen LogP contribution >= 0.6 is 0 Å². The van der Waals surface area contributed by atoms with Crippen LogP contribution in [0, 0.1) is 0 Å². The zero-order chi connectivity index (χ0) is 17.4. The Labute approximate surface area is 147 Å². The number of rotatable bonds is 3. The smallest absolute Gasteiger partial charge is 0.334 e. The Bertz CT molecular complexity index is 788. The van der Waals surface area contributed by atoms with E-state index in [0.29, 0.717) is 23.7 Å². The third kappa shape index (κ3) is 2.45. The van der Waals surface area contributed by atoms with E-state index in [1.807, 2.05) is 48.5 Å². The molecular formula is C21H20O4. The summed E-state index contributed by atoms with van der Waals surface area (Å²) >= 11 is 0. The largest absolute Gasteiger partial charge is 0.456 e. The number of esters is 1. The van der Waals surface area contributed by atoms with Gasteiger partial charge in [0.15, 0.2) is 5.60 Å². The molecule has 0 spiro atoms. The lowest BCUT2D eigenvalue weighted by molar-refractivity contribution is -0.165. The quantitative estimate of drug-likeness (QED) is 0.618. The first kappa shape index (κ1) is 15.9. The highest BCUT2D eigenvalue weighted by Crippen LogP contribution is 2.53. The molecule has 128 valence electrons. The molecule has 4 rings (SSSR count). The SMILES string of the molecule is C=C(C)C(=O)OC1(C2CCCO2)c2ccccc2Oc2ccccc21. The molecule has 0 N–H and O–H groups in total. The lowest BCUT2D eigenvalue weighted by atomic mass is 9.78. The highest BCUT2D eigenvalue weighted by molar-refractivity contribution is 5.88. The van der Waals surface area contributed by atoms with E-state index in [-0.39, 0.29) is 6.10 Å². The lowest BCUT2D eigenvalue weighted by Crippen LogP contribution is -2.46. The van der Waals surface area contributed by atoms with Crippen molar-refractivity contribution < 1.29 is 19.0 Å². The molecule has 0 radical (unpaired) electrons. The van der Waals surface area contributed by atoms with Gasteiger partial charge in [0.2, 0.25) is 0 Å². The summed E-state index contributed by atoms with van der Waals surface area (Å²) < 4.78 is 18.2. The van der Waals surface area contributed by atoms with Gasteiger partial charge in [-0.15, -0.1) is 0 Å². The number of carbonyl (C=O) groups excluding carboxylic acids is 1. The van der Waals surface area contributed by atoms with Gasteiger partial charge < -0.3 is 14.2 Å². The molecule has 2 aromatic carbocycles. The Hall–Kier alpha value is -2.59. The van der Waals surface area contributed by atoms with Crippen molar-refractivity contribution in [1.29, 1.82) is 0 Å². The Morgan fingerprint density at radius 2 is 1.72 bits per heavy atom. The van der Waals surface area contributed by atoms with Gasteiger partial charge >= 0.3 is 5.97 Å². The molecule has 1 atom stereocenters. The molecule has 25 heavy (non-hydrogen) atoms. The molecular weight excluding hydrogens is 316 g/mol. The van der Waals surface area contributed by atoms with Crippen molar-refractivity contribution in [2.24, 2.45) is 0 Å². The molecule has 1 fully saturated rings. The standard InChI is InChI=1S/C21H20O4/c1-14(2)20(22)25-21(19-12-7-13-23-19)15-8-3-5-10-17(15)24-18-11-6-4-9-16(18)21/h3-6,8-11,19H,1,7,12-13H2,2H3. The van der Waals surface area contributed by atoms with Gasteiger partial charge in [-0.2, -0.15) is 0 Å². The molecule has 2 heterocycles. The highest BCUT2D eigenvalue weighted by atomic mass is 16.6. The van der Waals surface area contributed by atoms with E-state index in [1.54, 1.807) is 6.92 Å². The van der Waals surface area contributed by atoms with Crippen LogP contribution in [-0.4, -0.2) is 18.7 Å². The number of fused-ring (bicyclic) bond motifs is 2. The van der Waals surface area contributed by atoms with Crippen LogP contribution in [0.25, 0.3) is 0 Å². The van der Waals surface area contributed by atoms with Gasteiger partial charge in [-0.1, -0.05) is 43.0 Å². The first-order chi connectivity index (χ1) is 12.1. The number of ether oxygens (including phenoxy) is 3. The summed E-state index contributed by atoms with van der Waals surface area (Å²) in [6, 6.07) is 15.3. The molecule has 1 saturated heterocycles. The molecule has 2 aromatic rings. The Kier molecular flexibility index (Phi) is 3.85. The summed E-state index contributed by atoms with van der Waals surface area (Å²) in [5, 5.41) is 0. The molecule has 0 bridgehead atoms. The van der Waals surface area contributed by atoms with Gasteiger partial charge in [0.1, 0.15) is 17.6 Å². The van der Waals surface area contributed by atoms with Crippen LogP contribution in [0.5, 0.6) is 11.5 Å². The van der Waals surface area contributed by atoms with Crippen molar-refractivity contribution in [3.63, 3.8) is 0 Å². The molecule has 0 saturated carbocycles. The molecule has 0 aliphatic carbocycles. The molecule has 2 aliphatic rings. The molecule has 1 unspecified atom stereocenters. The van der Waals surface area contributed by atoms with Gasteiger partial charge in [0.25, 0.3) is 0 Å². The van der Waals surface area contributed by atoms with Gasteiger partial charge in [0, 0.05) is 23.3 Å². The maximum absolute atomic E-state index is 12.6. The number of hydrogen-bond donors (Lipinski definition) is 0. The topological polar surface area (TPSA) is 44.8 Å².